The average Bonchev–Trinajstić information content (AvgIpc) is 2.84. The Kier molecular flexibility index (Phi) is 6.90. The summed E-state index contributed by atoms with van der Waals surface area (Å²) in [5.74, 6) is -0.329. The van der Waals surface area contributed by atoms with Crippen LogP contribution in [0.25, 0.3) is 0 Å². The van der Waals surface area contributed by atoms with Crippen LogP contribution >= 0.6 is 0 Å². The summed E-state index contributed by atoms with van der Waals surface area (Å²) >= 11 is 0. The third-order valence-electron chi connectivity index (χ3n) is 5.89. The molecule has 4 aromatic rings. The summed E-state index contributed by atoms with van der Waals surface area (Å²) in [6, 6.07) is 14.2. The fraction of sp³-hybridized carbons (Fsp3) is 0.111. The van der Waals surface area contributed by atoms with E-state index in [9.17, 15) is 36.6 Å². The summed E-state index contributed by atoms with van der Waals surface area (Å²) in [6.07, 6.45) is -11.6. The zero-order valence-electron chi connectivity index (χ0n) is 19.7. The van der Waals surface area contributed by atoms with Gasteiger partial charge in [-0.05, 0) is 59.7 Å². The third kappa shape index (κ3) is 5.17. The molecular formula is C27H20F6N2O4. The zero-order valence-corrected chi connectivity index (χ0v) is 19.7. The van der Waals surface area contributed by atoms with E-state index in [2.05, 4.69) is 0 Å². The Balaban J connectivity index is 1.71. The number of nitrogens with two attached hydrogens (primary N) is 2. The van der Waals surface area contributed by atoms with E-state index in [0.717, 1.165) is 24.3 Å². The molecule has 0 heterocycles. The van der Waals surface area contributed by atoms with Crippen molar-refractivity contribution >= 4 is 11.4 Å². The van der Waals surface area contributed by atoms with Crippen molar-refractivity contribution < 1.29 is 46.0 Å². The second-order valence-electron chi connectivity index (χ2n) is 8.44. The Bertz CT molecular complexity index is 1360. The lowest BCUT2D eigenvalue weighted by Gasteiger charge is -2.38. The molecule has 0 unspecified atom stereocenters. The molecule has 0 saturated carbocycles. The Hall–Kier alpha value is -4.74. The maximum absolute atomic E-state index is 14.4. The molecule has 0 aliphatic carbocycles. The van der Waals surface area contributed by atoms with Crippen LogP contribution in [0.2, 0.25) is 0 Å². The topological polar surface area (TPSA) is 111 Å². The quantitative estimate of drug-likeness (QED) is 0.114. The second kappa shape index (κ2) is 9.86. The van der Waals surface area contributed by atoms with Gasteiger partial charge in [-0.15, -0.1) is 0 Å². The van der Waals surface area contributed by atoms with Gasteiger partial charge in [-0.3, -0.25) is 0 Å². The van der Waals surface area contributed by atoms with Crippen LogP contribution in [-0.4, -0.2) is 22.6 Å². The van der Waals surface area contributed by atoms with Gasteiger partial charge in [0.25, 0.3) is 0 Å². The van der Waals surface area contributed by atoms with Crippen LogP contribution in [0.15, 0.2) is 84.9 Å². The van der Waals surface area contributed by atoms with Crippen molar-refractivity contribution in [2.75, 3.05) is 11.5 Å². The van der Waals surface area contributed by atoms with Gasteiger partial charge in [-0.25, -0.2) is 0 Å². The van der Waals surface area contributed by atoms with E-state index < -0.39 is 28.9 Å². The van der Waals surface area contributed by atoms with Crippen LogP contribution in [0.3, 0.4) is 0 Å². The number of aromatic hydroxyl groups is 2. The first-order valence-electron chi connectivity index (χ1n) is 11.1. The minimum atomic E-state index is -5.78. The molecule has 0 atom stereocenters. The molecule has 4 rings (SSSR count). The Morgan fingerprint density at radius 1 is 0.487 bits per heavy atom. The Morgan fingerprint density at radius 2 is 0.795 bits per heavy atom. The largest absolute Gasteiger partial charge is 0.506 e. The van der Waals surface area contributed by atoms with Crippen molar-refractivity contribution in [3.8, 4) is 34.5 Å². The highest BCUT2D eigenvalue weighted by Crippen LogP contribution is 2.56. The van der Waals surface area contributed by atoms with Crippen LogP contribution < -0.4 is 20.9 Å². The number of phenols is 2. The Morgan fingerprint density at radius 3 is 1.08 bits per heavy atom. The number of hydrogen-bond acceptors (Lipinski definition) is 6. The van der Waals surface area contributed by atoms with Crippen molar-refractivity contribution in [3.63, 3.8) is 0 Å². The molecule has 0 bridgehead atoms. The van der Waals surface area contributed by atoms with Gasteiger partial charge in [0.1, 0.15) is 34.5 Å². The number of anilines is 2. The van der Waals surface area contributed by atoms with Crippen molar-refractivity contribution in [1.82, 2.24) is 0 Å². The molecule has 0 radical (unpaired) electrons. The molecule has 6 nitrogen and oxygen atoms in total. The SMILES string of the molecule is Nc1cc(Oc2ccc(C(c3ccc(Oc4ccc(O)c(N)c4)cc3)(C(F)(F)F)C(F)(F)F)cc2)ccc1O. The number of hydrogen-bond donors (Lipinski definition) is 4. The van der Waals surface area contributed by atoms with E-state index in [-0.39, 0.29) is 45.9 Å². The molecule has 0 fully saturated rings. The van der Waals surface area contributed by atoms with Crippen molar-refractivity contribution in [1.29, 1.82) is 0 Å². The highest BCUT2D eigenvalue weighted by atomic mass is 19.4. The smallest absolute Gasteiger partial charge is 0.411 e. The fourth-order valence-corrected chi connectivity index (χ4v) is 3.99. The molecule has 0 aromatic heterocycles. The zero-order chi connectivity index (χ0) is 28.6. The molecule has 0 amide bonds. The summed E-state index contributed by atoms with van der Waals surface area (Å²) in [7, 11) is 0. The molecule has 0 spiro atoms. The van der Waals surface area contributed by atoms with E-state index >= 15 is 0 Å². The number of alkyl halides is 6. The summed E-state index contributed by atoms with van der Waals surface area (Å²) < 4.78 is 97.6. The molecule has 4 aromatic carbocycles. The van der Waals surface area contributed by atoms with Crippen molar-refractivity contribution in [2.24, 2.45) is 0 Å². The van der Waals surface area contributed by atoms with Crippen LogP contribution in [0.4, 0.5) is 37.7 Å². The molecule has 12 heteroatoms. The lowest BCUT2D eigenvalue weighted by molar-refractivity contribution is -0.288. The lowest BCUT2D eigenvalue weighted by atomic mass is 9.73. The normalized spacial score (nSPS) is 12.3. The molecule has 0 aliphatic heterocycles. The van der Waals surface area contributed by atoms with Crippen molar-refractivity contribution in [2.45, 2.75) is 17.8 Å². The summed E-state index contributed by atoms with van der Waals surface area (Å²) in [5.41, 5.74) is 4.56. The minimum Gasteiger partial charge on any atom is -0.506 e. The lowest BCUT2D eigenvalue weighted by Crippen LogP contribution is -2.54. The first kappa shape index (κ1) is 27.3. The molecule has 0 aliphatic rings. The molecule has 39 heavy (non-hydrogen) atoms. The van der Waals surface area contributed by atoms with E-state index in [4.69, 9.17) is 20.9 Å². The van der Waals surface area contributed by atoms with Gasteiger partial charge in [0, 0.05) is 12.1 Å². The maximum Gasteiger partial charge on any atom is 0.411 e. The number of nitrogen functional groups attached to an aromatic ring is 2. The molecule has 0 saturated heterocycles. The predicted molar refractivity (Wildman–Crippen MR) is 131 cm³/mol. The van der Waals surface area contributed by atoms with E-state index in [0.29, 0.717) is 24.3 Å². The first-order valence-corrected chi connectivity index (χ1v) is 11.1. The van der Waals surface area contributed by atoms with Crippen molar-refractivity contribution in [3.05, 3.63) is 96.1 Å². The first-order chi connectivity index (χ1) is 18.2. The van der Waals surface area contributed by atoms with Gasteiger partial charge >= 0.3 is 12.4 Å². The highest BCUT2D eigenvalue weighted by Gasteiger charge is 2.72. The number of phenolic OH excluding ortho intramolecular Hbond substituents is 2. The monoisotopic (exact) mass is 550 g/mol. The van der Waals surface area contributed by atoms with Crippen LogP contribution in [0.1, 0.15) is 11.1 Å². The summed E-state index contributed by atoms with van der Waals surface area (Å²) in [6.45, 7) is 0. The summed E-state index contributed by atoms with van der Waals surface area (Å²) in [4.78, 5) is 0. The minimum absolute atomic E-state index is 0.0291. The highest BCUT2D eigenvalue weighted by molar-refractivity contribution is 5.57. The second-order valence-corrected chi connectivity index (χ2v) is 8.44. The van der Waals surface area contributed by atoms with Gasteiger partial charge in [0.05, 0.1) is 11.4 Å². The average molecular weight is 550 g/mol. The Labute approximate surface area is 217 Å². The van der Waals surface area contributed by atoms with Crippen LogP contribution in [-0.2, 0) is 5.41 Å². The fourth-order valence-electron chi connectivity index (χ4n) is 3.99. The van der Waals surface area contributed by atoms with E-state index in [1.54, 1.807) is 0 Å². The van der Waals surface area contributed by atoms with E-state index in [1.807, 2.05) is 0 Å². The van der Waals surface area contributed by atoms with Gasteiger partial charge in [0.2, 0.25) is 5.41 Å². The predicted octanol–water partition coefficient (Wildman–Crippen LogP) is 7.26. The standard InChI is InChI=1S/C27H20F6N2O4/c28-26(29,30)25(27(31,32)33,15-1-5-17(6-2-15)38-19-9-11-23(36)21(34)13-19)16-3-7-18(8-4-16)39-20-10-12-24(37)22(35)14-20/h1-14,36-37H,34-35H2. The number of ether oxygens (including phenoxy) is 2. The van der Waals surface area contributed by atoms with Gasteiger partial charge in [0.15, 0.2) is 0 Å². The third-order valence-corrected chi connectivity index (χ3v) is 5.89. The van der Waals surface area contributed by atoms with Gasteiger partial charge in [-0.2, -0.15) is 26.3 Å². The molecular weight excluding hydrogens is 530 g/mol. The maximum atomic E-state index is 14.4. The molecule has 6 N–H and O–H groups in total. The number of halogens is 6. The molecule has 204 valence electrons. The van der Waals surface area contributed by atoms with Gasteiger partial charge < -0.3 is 31.2 Å². The van der Waals surface area contributed by atoms with Crippen LogP contribution in [0, 0.1) is 0 Å². The number of rotatable bonds is 6. The van der Waals surface area contributed by atoms with Gasteiger partial charge in [-0.1, -0.05) is 24.3 Å². The number of benzene rings is 4. The van der Waals surface area contributed by atoms with E-state index in [1.165, 1.54) is 36.4 Å². The van der Waals surface area contributed by atoms with Crippen LogP contribution in [0.5, 0.6) is 34.5 Å². The summed E-state index contributed by atoms with van der Waals surface area (Å²) in [5, 5.41) is 19.0.